The summed E-state index contributed by atoms with van der Waals surface area (Å²) in [5.74, 6) is 0.461. The number of rotatable bonds is 4. The maximum Gasteiger partial charge on any atom is 0.189 e. The number of carbonyl (C=O) groups excluding carboxylic acids is 1. The zero-order valence-electron chi connectivity index (χ0n) is 8.31. The van der Waals surface area contributed by atoms with Gasteiger partial charge in [0.1, 0.15) is 5.03 Å². The third-order valence-electron chi connectivity index (χ3n) is 1.96. The van der Waals surface area contributed by atoms with Crippen LogP contribution in [0.5, 0.6) is 0 Å². The third kappa shape index (κ3) is 2.74. The molecule has 0 fully saturated rings. The van der Waals surface area contributed by atoms with Crippen molar-refractivity contribution < 1.29 is 4.79 Å². The summed E-state index contributed by atoms with van der Waals surface area (Å²) in [7, 11) is 0. The number of Topliss-reactive ketones (excluding diaryl/α,β-unsaturated/α-hetero) is 1. The minimum absolute atomic E-state index is 0.0764. The molecule has 0 unspecified atom stereocenters. The van der Waals surface area contributed by atoms with Crippen LogP contribution < -0.4 is 0 Å². The van der Waals surface area contributed by atoms with E-state index in [4.69, 9.17) is 0 Å². The minimum atomic E-state index is 0.0764. The first-order valence-electron chi connectivity index (χ1n) is 4.67. The van der Waals surface area contributed by atoms with Gasteiger partial charge in [0.05, 0.1) is 11.4 Å². The lowest BCUT2D eigenvalue weighted by Crippen LogP contribution is -2.02. The number of pyridine rings is 1. The fourth-order valence-electron chi connectivity index (χ4n) is 1.19. The summed E-state index contributed by atoms with van der Waals surface area (Å²) in [5, 5.41) is 0.836. The molecule has 5 heteroatoms. The van der Waals surface area contributed by atoms with E-state index in [1.165, 1.54) is 11.8 Å². The quantitative estimate of drug-likeness (QED) is 0.696. The van der Waals surface area contributed by atoms with Crippen LogP contribution in [-0.4, -0.2) is 21.5 Å². The van der Waals surface area contributed by atoms with Gasteiger partial charge in [0.25, 0.3) is 0 Å². The van der Waals surface area contributed by atoms with E-state index in [0.29, 0.717) is 11.4 Å². The van der Waals surface area contributed by atoms with Gasteiger partial charge in [-0.1, -0.05) is 11.8 Å². The standard InChI is InChI=1S/C11H9BrN2OS/c12-8-3-1-6-14-11(8)16-7-10(15)9-4-2-5-13-9/h1-6,13H,7H2. The van der Waals surface area contributed by atoms with Crippen molar-refractivity contribution in [3.05, 3.63) is 46.8 Å². The Bertz CT molecular complexity index is 484. The van der Waals surface area contributed by atoms with E-state index in [1.807, 2.05) is 18.2 Å². The molecule has 2 heterocycles. The van der Waals surface area contributed by atoms with Crippen LogP contribution in [0.2, 0.25) is 0 Å². The SMILES string of the molecule is O=C(CSc1ncccc1Br)c1ccc[nH]1. The van der Waals surface area contributed by atoms with Crippen LogP contribution in [0.25, 0.3) is 0 Å². The van der Waals surface area contributed by atoms with Gasteiger partial charge in [-0.25, -0.2) is 4.98 Å². The fourth-order valence-corrected chi connectivity index (χ4v) is 2.56. The number of halogens is 1. The highest BCUT2D eigenvalue weighted by molar-refractivity contribution is 9.10. The van der Waals surface area contributed by atoms with Gasteiger partial charge < -0.3 is 4.98 Å². The van der Waals surface area contributed by atoms with E-state index in [2.05, 4.69) is 25.9 Å². The number of nitrogens with zero attached hydrogens (tertiary/aromatic N) is 1. The number of aromatic nitrogens is 2. The molecule has 2 aromatic heterocycles. The third-order valence-corrected chi connectivity index (χ3v) is 3.87. The Morgan fingerprint density at radius 2 is 2.31 bits per heavy atom. The van der Waals surface area contributed by atoms with Crippen LogP contribution in [0.15, 0.2) is 46.2 Å². The molecule has 0 radical (unpaired) electrons. The Morgan fingerprint density at radius 1 is 1.44 bits per heavy atom. The second-order valence-electron chi connectivity index (χ2n) is 3.09. The smallest absolute Gasteiger partial charge is 0.189 e. The molecule has 2 rings (SSSR count). The summed E-state index contributed by atoms with van der Waals surface area (Å²) in [6, 6.07) is 7.35. The summed E-state index contributed by atoms with van der Waals surface area (Å²) < 4.78 is 0.916. The summed E-state index contributed by atoms with van der Waals surface area (Å²) in [4.78, 5) is 18.8. The van der Waals surface area contributed by atoms with Gasteiger partial charge in [0.15, 0.2) is 5.78 Å². The molecule has 0 bridgehead atoms. The Hall–Kier alpha value is -1.07. The minimum Gasteiger partial charge on any atom is -0.359 e. The van der Waals surface area contributed by atoms with Crippen molar-refractivity contribution in [1.82, 2.24) is 9.97 Å². The highest BCUT2D eigenvalue weighted by Gasteiger charge is 2.08. The monoisotopic (exact) mass is 296 g/mol. The molecule has 0 saturated heterocycles. The van der Waals surface area contributed by atoms with Crippen molar-refractivity contribution >= 4 is 33.5 Å². The van der Waals surface area contributed by atoms with E-state index in [0.717, 1.165) is 9.50 Å². The van der Waals surface area contributed by atoms with Crippen molar-refractivity contribution in [2.75, 3.05) is 5.75 Å². The van der Waals surface area contributed by atoms with Crippen LogP contribution in [0.1, 0.15) is 10.5 Å². The number of nitrogens with one attached hydrogen (secondary N) is 1. The Morgan fingerprint density at radius 3 is 3.00 bits per heavy atom. The van der Waals surface area contributed by atoms with E-state index < -0.39 is 0 Å². The lowest BCUT2D eigenvalue weighted by atomic mass is 10.3. The maximum absolute atomic E-state index is 11.7. The summed E-state index contributed by atoms with van der Waals surface area (Å²) in [5.41, 5.74) is 0.638. The lowest BCUT2D eigenvalue weighted by molar-refractivity contribution is 0.101. The number of hydrogen-bond acceptors (Lipinski definition) is 3. The molecular weight excluding hydrogens is 288 g/mol. The van der Waals surface area contributed by atoms with Gasteiger partial charge in [0.2, 0.25) is 0 Å². The van der Waals surface area contributed by atoms with Crippen LogP contribution in [0, 0.1) is 0 Å². The summed E-state index contributed by atoms with van der Waals surface area (Å²) in [6.45, 7) is 0. The average molecular weight is 297 g/mol. The second kappa shape index (κ2) is 5.32. The first-order valence-corrected chi connectivity index (χ1v) is 6.45. The zero-order chi connectivity index (χ0) is 11.4. The normalized spacial score (nSPS) is 10.3. The van der Waals surface area contributed by atoms with Gasteiger partial charge in [0, 0.05) is 16.9 Å². The number of ketones is 1. The summed E-state index contributed by atoms with van der Waals surface area (Å²) >= 11 is 4.82. The number of hydrogen-bond donors (Lipinski definition) is 1. The second-order valence-corrected chi connectivity index (χ2v) is 4.90. The molecule has 0 amide bonds. The van der Waals surface area contributed by atoms with Crippen molar-refractivity contribution in [2.24, 2.45) is 0 Å². The Kier molecular flexibility index (Phi) is 3.79. The molecule has 16 heavy (non-hydrogen) atoms. The molecule has 82 valence electrons. The molecular formula is C11H9BrN2OS. The highest BCUT2D eigenvalue weighted by Crippen LogP contribution is 2.24. The Labute approximate surface area is 106 Å². The van der Waals surface area contributed by atoms with Crippen molar-refractivity contribution in [3.8, 4) is 0 Å². The predicted octanol–water partition coefficient (Wildman–Crippen LogP) is 3.15. The van der Waals surface area contributed by atoms with Gasteiger partial charge >= 0.3 is 0 Å². The predicted molar refractivity (Wildman–Crippen MR) is 67.8 cm³/mol. The number of thioether (sulfide) groups is 1. The van der Waals surface area contributed by atoms with E-state index in [-0.39, 0.29) is 5.78 Å². The molecule has 2 aromatic rings. The molecule has 0 spiro atoms. The molecule has 0 saturated carbocycles. The van der Waals surface area contributed by atoms with Gasteiger partial charge in [-0.05, 0) is 40.2 Å². The fraction of sp³-hybridized carbons (Fsp3) is 0.0909. The van der Waals surface area contributed by atoms with Crippen LogP contribution in [-0.2, 0) is 0 Å². The van der Waals surface area contributed by atoms with Crippen LogP contribution in [0.4, 0.5) is 0 Å². The first kappa shape index (κ1) is 11.4. The molecule has 0 aliphatic carbocycles. The number of aromatic amines is 1. The molecule has 0 aromatic carbocycles. The van der Waals surface area contributed by atoms with E-state index in [1.54, 1.807) is 18.5 Å². The molecule has 3 nitrogen and oxygen atoms in total. The van der Waals surface area contributed by atoms with Crippen molar-refractivity contribution in [2.45, 2.75) is 5.03 Å². The highest BCUT2D eigenvalue weighted by atomic mass is 79.9. The van der Waals surface area contributed by atoms with Crippen molar-refractivity contribution in [1.29, 1.82) is 0 Å². The molecule has 1 N–H and O–H groups in total. The topological polar surface area (TPSA) is 45.8 Å². The molecule has 0 aliphatic rings. The Balaban J connectivity index is 1.98. The van der Waals surface area contributed by atoms with Crippen LogP contribution in [0.3, 0.4) is 0 Å². The largest absolute Gasteiger partial charge is 0.359 e. The molecule has 0 aliphatic heterocycles. The molecule has 0 atom stereocenters. The van der Waals surface area contributed by atoms with E-state index in [9.17, 15) is 4.79 Å². The van der Waals surface area contributed by atoms with Gasteiger partial charge in [-0.2, -0.15) is 0 Å². The number of H-pyrrole nitrogens is 1. The lowest BCUT2D eigenvalue weighted by Gasteiger charge is -2.01. The van der Waals surface area contributed by atoms with Crippen LogP contribution >= 0.6 is 27.7 Å². The van der Waals surface area contributed by atoms with Gasteiger partial charge in [-0.3, -0.25) is 4.79 Å². The van der Waals surface area contributed by atoms with Crippen molar-refractivity contribution in [3.63, 3.8) is 0 Å². The average Bonchev–Trinajstić information content (AvgIpc) is 2.81. The van der Waals surface area contributed by atoms with Gasteiger partial charge in [-0.15, -0.1) is 0 Å². The number of carbonyl (C=O) groups is 1. The zero-order valence-corrected chi connectivity index (χ0v) is 10.7. The first-order chi connectivity index (χ1) is 7.77. The maximum atomic E-state index is 11.7. The van der Waals surface area contributed by atoms with E-state index >= 15 is 0 Å². The summed E-state index contributed by atoms with van der Waals surface area (Å²) in [6.07, 6.45) is 3.46.